The van der Waals surface area contributed by atoms with Crippen LogP contribution in [0.25, 0.3) is 5.57 Å². The second-order valence-electron chi connectivity index (χ2n) is 7.38. The van der Waals surface area contributed by atoms with Gasteiger partial charge in [-0.05, 0) is 17.7 Å². The molecule has 2 aliphatic rings. The van der Waals surface area contributed by atoms with Gasteiger partial charge in [-0.3, -0.25) is 5.41 Å². The number of nitrogens with one attached hydrogen (secondary N) is 1. The van der Waals surface area contributed by atoms with Gasteiger partial charge in [0.15, 0.2) is 18.1 Å². The smallest absolute Gasteiger partial charge is 0.199 e. The maximum Gasteiger partial charge on any atom is 0.199 e. The number of benzene rings is 1. The van der Waals surface area contributed by atoms with Crippen molar-refractivity contribution in [1.29, 1.82) is 10.7 Å². The molecule has 2 aromatic rings. The molecule has 4 rings (SSSR count). The van der Waals surface area contributed by atoms with Crippen LogP contribution >= 0.6 is 0 Å². The van der Waals surface area contributed by atoms with Crippen molar-refractivity contribution in [3.8, 4) is 6.07 Å². The number of hydrogen-bond acceptors (Lipinski definition) is 6. The lowest BCUT2D eigenvalue weighted by atomic mass is 9.95. The molecule has 0 unspecified atom stereocenters. The maximum atomic E-state index is 14.1. The predicted molar refractivity (Wildman–Crippen MR) is 110 cm³/mol. The van der Waals surface area contributed by atoms with Crippen LogP contribution in [0.1, 0.15) is 29.7 Å². The molecule has 146 valence electrons. The number of nitrogens with zero attached hydrogens (tertiary/aromatic N) is 5. The van der Waals surface area contributed by atoms with E-state index < -0.39 is 5.67 Å². The first-order valence-corrected chi connectivity index (χ1v) is 9.33. The number of anilines is 2. The van der Waals surface area contributed by atoms with Gasteiger partial charge in [-0.1, -0.05) is 6.07 Å². The molecule has 0 aliphatic carbocycles. The van der Waals surface area contributed by atoms with E-state index in [4.69, 9.17) is 16.4 Å². The minimum Gasteiger partial charge on any atom is -0.398 e. The normalized spacial score (nSPS) is 17.6. The Labute approximate surface area is 168 Å². The highest BCUT2D eigenvalue weighted by Crippen LogP contribution is 2.29. The second-order valence-corrected chi connectivity index (χ2v) is 7.38. The summed E-state index contributed by atoms with van der Waals surface area (Å²) in [5.74, 6) is 0.617. The molecule has 29 heavy (non-hydrogen) atoms. The zero-order valence-electron chi connectivity index (χ0n) is 16.1. The van der Waals surface area contributed by atoms with E-state index >= 15 is 0 Å². The molecule has 0 amide bonds. The summed E-state index contributed by atoms with van der Waals surface area (Å²) in [6.07, 6.45) is 5.68. The molecular formula is C21H21FN7+. The first-order chi connectivity index (χ1) is 13.9. The molecule has 0 saturated carbocycles. The van der Waals surface area contributed by atoms with Gasteiger partial charge >= 0.3 is 0 Å². The van der Waals surface area contributed by atoms with Crippen LogP contribution in [0, 0.1) is 16.7 Å². The largest absolute Gasteiger partial charge is 0.398 e. The zero-order valence-corrected chi connectivity index (χ0v) is 16.1. The molecule has 0 spiro atoms. The Kier molecular flexibility index (Phi) is 4.59. The molecule has 3 heterocycles. The van der Waals surface area contributed by atoms with Crippen molar-refractivity contribution in [1.82, 2.24) is 9.97 Å². The number of nitrogen functional groups attached to an aromatic ring is 1. The monoisotopic (exact) mass is 390 g/mol. The van der Waals surface area contributed by atoms with Crippen LogP contribution in [-0.4, -0.2) is 52.3 Å². The van der Waals surface area contributed by atoms with Crippen molar-refractivity contribution in [2.45, 2.75) is 18.5 Å². The minimum absolute atomic E-state index is 0.134. The molecule has 0 atom stereocenters. The van der Waals surface area contributed by atoms with Crippen molar-refractivity contribution in [2.24, 2.45) is 0 Å². The van der Waals surface area contributed by atoms with E-state index in [2.05, 4.69) is 9.97 Å². The summed E-state index contributed by atoms with van der Waals surface area (Å²) in [7, 11) is 1.95. The van der Waals surface area contributed by atoms with Gasteiger partial charge in [-0.15, -0.1) is 0 Å². The molecule has 1 fully saturated rings. The Bertz CT molecular complexity index is 1090. The van der Waals surface area contributed by atoms with Crippen molar-refractivity contribution >= 4 is 29.0 Å². The van der Waals surface area contributed by atoms with Crippen LogP contribution in [0.15, 0.2) is 36.8 Å². The van der Waals surface area contributed by atoms with E-state index in [1.165, 1.54) is 6.33 Å². The predicted octanol–water partition coefficient (Wildman–Crippen LogP) is 2.37. The molecule has 0 radical (unpaired) electrons. The standard InChI is InChI=1S/C21H21FN7/c1-28-10-15(11-28)14-2-3-17(24)16(8-14)20(25)18-9-19(27-13-26-18)29-6-4-21(22,12-23)5-7-29/h2-3,8-11,13,25H,4-7,24H2,1H3/q+1. The summed E-state index contributed by atoms with van der Waals surface area (Å²) >= 11 is 0. The lowest BCUT2D eigenvalue weighted by Gasteiger charge is -2.33. The highest BCUT2D eigenvalue weighted by molar-refractivity contribution is 6.15. The van der Waals surface area contributed by atoms with Gasteiger partial charge in [0.2, 0.25) is 0 Å². The number of nitriles is 1. The summed E-state index contributed by atoms with van der Waals surface area (Å²) in [5.41, 5.74) is 8.17. The van der Waals surface area contributed by atoms with Crippen LogP contribution in [0.4, 0.5) is 15.9 Å². The minimum atomic E-state index is -1.77. The van der Waals surface area contributed by atoms with Crippen molar-refractivity contribution < 1.29 is 8.97 Å². The third-order valence-corrected chi connectivity index (χ3v) is 5.33. The number of piperidine rings is 1. The number of nitrogens with two attached hydrogens (primary N) is 1. The lowest BCUT2D eigenvalue weighted by Crippen LogP contribution is -2.41. The Morgan fingerprint density at radius 1 is 1.31 bits per heavy atom. The van der Waals surface area contributed by atoms with Crippen molar-refractivity contribution in [2.75, 3.05) is 30.8 Å². The third kappa shape index (κ3) is 3.59. The summed E-state index contributed by atoms with van der Waals surface area (Å²) in [4.78, 5) is 10.4. The summed E-state index contributed by atoms with van der Waals surface area (Å²) in [6, 6.07) is 9.08. The second kappa shape index (κ2) is 7.09. The van der Waals surface area contributed by atoms with Gasteiger partial charge in [0.05, 0.1) is 11.4 Å². The quantitative estimate of drug-likeness (QED) is 0.474. The average Bonchev–Trinajstić information content (AvgIpc) is 2.72. The number of allylic oxidation sites excluding steroid dienone is 1. The van der Waals surface area contributed by atoms with E-state index in [0.29, 0.717) is 35.9 Å². The van der Waals surface area contributed by atoms with E-state index in [9.17, 15) is 4.39 Å². The molecule has 2 aliphatic heterocycles. The van der Waals surface area contributed by atoms with E-state index in [1.807, 2.05) is 41.1 Å². The van der Waals surface area contributed by atoms with Crippen LogP contribution < -0.4 is 10.6 Å². The van der Waals surface area contributed by atoms with Gasteiger partial charge < -0.3 is 10.6 Å². The average molecular weight is 390 g/mol. The number of aromatic nitrogens is 2. The first kappa shape index (κ1) is 18.7. The fraction of sp³-hybridized carbons (Fsp3) is 0.286. The van der Waals surface area contributed by atoms with E-state index in [1.54, 1.807) is 18.2 Å². The maximum absolute atomic E-state index is 14.1. The van der Waals surface area contributed by atoms with Gasteiger partial charge in [0, 0.05) is 43.2 Å². The topological polar surface area (TPSA) is 106 Å². The molecule has 0 bridgehead atoms. The zero-order chi connectivity index (χ0) is 20.6. The number of alkyl halides is 1. The molecule has 1 aromatic heterocycles. The highest BCUT2D eigenvalue weighted by atomic mass is 19.1. The van der Waals surface area contributed by atoms with Gasteiger partial charge in [-0.25, -0.2) is 18.9 Å². The van der Waals surface area contributed by atoms with Crippen LogP contribution in [-0.2, 0) is 0 Å². The lowest BCUT2D eigenvalue weighted by molar-refractivity contribution is -0.423. The summed E-state index contributed by atoms with van der Waals surface area (Å²) in [6.45, 7) is 0.784. The van der Waals surface area contributed by atoms with Gasteiger partial charge in [0.1, 0.15) is 30.8 Å². The van der Waals surface area contributed by atoms with Gasteiger partial charge in [-0.2, -0.15) is 5.26 Å². The molecule has 1 saturated heterocycles. The Balaban J connectivity index is 1.58. The number of rotatable bonds is 4. The molecule has 1 aromatic carbocycles. The fourth-order valence-electron chi connectivity index (χ4n) is 3.53. The Morgan fingerprint density at radius 2 is 2.03 bits per heavy atom. The van der Waals surface area contributed by atoms with Crippen LogP contribution in [0.5, 0.6) is 0 Å². The van der Waals surface area contributed by atoms with E-state index in [-0.39, 0.29) is 18.6 Å². The molecule has 3 N–H and O–H groups in total. The van der Waals surface area contributed by atoms with Gasteiger partial charge in [0.25, 0.3) is 0 Å². The molecular weight excluding hydrogens is 369 g/mol. The molecule has 8 heteroatoms. The number of halogens is 1. The van der Waals surface area contributed by atoms with Crippen LogP contribution in [0.2, 0.25) is 0 Å². The number of hydrogen-bond donors (Lipinski definition) is 2. The van der Waals surface area contributed by atoms with Crippen LogP contribution in [0.3, 0.4) is 0 Å². The SMILES string of the molecule is C[N+]1=CC(c2ccc(N)c(C(=N)c3cc(N4CCC(F)(C#N)CC4)ncn3)c2)=C1. The third-order valence-electron chi connectivity index (χ3n) is 5.33. The van der Waals surface area contributed by atoms with Crippen molar-refractivity contribution in [3.05, 3.63) is 53.6 Å². The first-order valence-electron chi connectivity index (χ1n) is 9.33. The van der Waals surface area contributed by atoms with Crippen molar-refractivity contribution in [3.63, 3.8) is 0 Å². The fourth-order valence-corrected chi connectivity index (χ4v) is 3.53. The van der Waals surface area contributed by atoms with E-state index in [0.717, 1.165) is 11.1 Å². The summed E-state index contributed by atoms with van der Waals surface area (Å²) < 4.78 is 16.1. The highest BCUT2D eigenvalue weighted by Gasteiger charge is 2.35. The molecule has 7 nitrogen and oxygen atoms in total. The Morgan fingerprint density at radius 3 is 2.69 bits per heavy atom. The Hall–Kier alpha value is -3.60. The summed E-state index contributed by atoms with van der Waals surface area (Å²) in [5, 5.41) is 17.6.